The number of amides is 1. The maximum absolute atomic E-state index is 9.57. The quantitative estimate of drug-likeness (QED) is 0.412. The van der Waals surface area contributed by atoms with Gasteiger partial charge in [0.15, 0.2) is 0 Å². The Morgan fingerprint density at radius 2 is 2.50 bits per heavy atom. The molecule has 0 spiro atoms. The van der Waals surface area contributed by atoms with Crippen molar-refractivity contribution in [3.8, 4) is 6.07 Å². The summed E-state index contributed by atoms with van der Waals surface area (Å²) < 4.78 is 0. The molecule has 3 nitrogen and oxygen atoms in total. The van der Waals surface area contributed by atoms with Gasteiger partial charge in [0.25, 0.3) is 0 Å². The van der Waals surface area contributed by atoms with Gasteiger partial charge in [-0.3, -0.25) is 4.79 Å². The molecular weight excluding hydrogens is 104 g/mol. The SMILES string of the molecule is N#CCCCNC=O. The lowest BCUT2D eigenvalue weighted by molar-refractivity contribution is -0.109. The van der Waals surface area contributed by atoms with Crippen LogP contribution in [0, 0.1) is 11.3 Å². The highest BCUT2D eigenvalue weighted by Gasteiger charge is 1.80. The molecule has 44 valence electrons. The third-order valence-electron chi connectivity index (χ3n) is 0.693. The fraction of sp³-hybridized carbons (Fsp3) is 0.600. The summed E-state index contributed by atoms with van der Waals surface area (Å²) in [4.78, 5) is 9.57. The normalized spacial score (nSPS) is 7.38. The Morgan fingerprint density at radius 1 is 1.75 bits per heavy atom. The highest BCUT2D eigenvalue weighted by molar-refractivity contribution is 5.45. The summed E-state index contributed by atoms with van der Waals surface area (Å²) in [5.74, 6) is 0. The van der Waals surface area contributed by atoms with Crippen molar-refractivity contribution in [1.82, 2.24) is 5.32 Å². The minimum atomic E-state index is 0.515. The molecule has 3 heteroatoms. The second-order valence-electron chi connectivity index (χ2n) is 1.33. The zero-order valence-corrected chi connectivity index (χ0v) is 4.55. The van der Waals surface area contributed by atoms with Gasteiger partial charge >= 0.3 is 0 Å². The Bertz CT molecular complexity index is 95.1. The molecule has 0 bridgehead atoms. The van der Waals surface area contributed by atoms with E-state index >= 15 is 0 Å². The summed E-state index contributed by atoms with van der Waals surface area (Å²) in [6, 6.07) is 1.97. The van der Waals surface area contributed by atoms with E-state index in [9.17, 15) is 4.79 Å². The Labute approximate surface area is 48.3 Å². The van der Waals surface area contributed by atoms with Gasteiger partial charge in [-0.15, -0.1) is 0 Å². The van der Waals surface area contributed by atoms with Crippen LogP contribution in [-0.4, -0.2) is 13.0 Å². The van der Waals surface area contributed by atoms with Gasteiger partial charge in [-0.2, -0.15) is 5.26 Å². The van der Waals surface area contributed by atoms with Gasteiger partial charge in [-0.05, 0) is 6.42 Å². The third-order valence-corrected chi connectivity index (χ3v) is 0.693. The molecule has 1 N–H and O–H groups in total. The third kappa shape index (κ3) is 4.96. The van der Waals surface area contributed by atoms with Crippen molar-refractivity contribution < 1.29 is 4.79 Å². The first-order chi connectivity index (χ1) is 3.91. The van der Waals surface area contributed by atoms with Gasteiger partial charge in [0.1, 0.15) is 0 Å². The molecule has 0 saturated carbocycles. The molecule has 0 fully saturated rings. The van der Waals surface area contributed by atoms with Crippen LogP contribution in [0.5, 0.6) is 0 Å². The molecule has 0 radical (unpaired) electrons. The minimum absolute atomic E-state index is 0.515. The Kier molecular flexibility index (Phi) is 5.19. The lowest BCUT2D eigenvalue weighted by Gasteiger charge is -1.89. The fourth-order valence-corrected chi connectivity index (χ4v) is 0.328. The minimum Gasteiger partial charge on any atom is -0.359 e. The molecule has 0 atom stereocenters. The van der Waals surface area contributed by atoms with Gasteiger partial charge < -0.3 is 5.32 Å². The van der Waals surface area contributed by atoms with E-state index in [1.54, 1.807) is 0 Å². The number of hydrogen-bond donors (Lipinski definition) is 1. The molecule has 0 heterocycles. The number of hydrogen-bond acceptors (Lipinski definition) is 2. The predicted octanol–water partition coefficient (Wildman–Crippen LogP) is 0.0362. The number of rotatable bonds is 4. The lowest BCUT2D eigenvalue weighted by Crippen LogP contribution is -2.11. The highest BCUT2D eigenvalue weighted by Crippen LogP contribution is 1.80. The molecule has 0 aliphatic heterocycles. The molecule has 0 aromatic heterocycles. The summed E-state index contributed by atoms with van der Waals surface area (Å²) in [6.07, 6.45) is 1.90. The van der Waals surface area contributed by atoms with Crippen LogP contribution in [0.2, 0.25) is 0 Å². The lowest BCUT2D eigenvalue weighted by atomic mass is 10.3. The van der Waals surface area contributed by atoms with Crippen molar-refractivity contribution in [3.63, 3.8) is 0 Å². The number of nitriles is 1. The first-order valence-corrected chi connectivity index (χ1v) is 2.46. The molecule has 0 aromatic rings. The van der Waals surface area contributed by atoms with Crippen LogP contribution in [0.15, 0.2) is 0 Å². The molecule has 0 unspecified atom stereocenters. The van der Waals surface area contributed by atoms with Gasteiger partial charge in [0.2, 0.25) is 6.41 Å². The second kappa shape index (κ2) is 5.96. The maximum atomic E-state index is 9.57. The van der Waals surface area contributed by atoms with Crippen molar-refractivity contribution >= 4 is 6.41 Å². The van der Waals surface area contributed by atoms with Gasteiger partial charge in [0.05, 0.1) is 6.07 Å². The van der Waals surface area contributed by atoms with Gasteiger partial charge in [-0.1, -0.05) is 0 Å². The molecule has 0 rings (SSSR count). The van der Waals surface area contributed by atoms with Crippen molar-refractivity contribution in [2.45, 2.75) is 12.8 Å². The topological polar surface area (TPSA) is 52.9 Å². The largest absolute Gasteiger partial charge is 0.359 e. The van der Waals surface area contributed by atoms with Crippen molar-refractivity contribution in [3.05, 3.63) is 0 Å². The van der Waals surface area contributed by atoms with E-state index < -0.39 is 0 Å². The fourth-order valence-electron chi connectivity index (χ4n) is 0.328. The number of carbonyl (C=O) groups is 1. The van der Waals surface area contributed by atoms with E-state index in [2.05, 4.69) is 5.32 Å². The van der Waals surface area contributed by atoms with Crippen molar-refractivity contribution in [2.75, 3.05) is 6.54 Å². The smallest absolute Gasteiger partial charge is 0.207 e. The van der Waals surface area contributed by atoms with Gasteiger partial charge in [-0.25, -0.2) is 0 Å². The van der Waals surface area contributed by atoms with Crippen LogP contribution in [0.4, 0.5) is 0 Å². The number of unbranched alkanes of at least 4 members (excludes halogenated alkanes) is 1. The van der Waals surface area contributed by atoms with E-state index in [-0.39, 0.29) is 0 Å². The molecule has 0 aliphatic carbocycles. The molecule has 0 aromatic carbocycles. The van der Waals surface area contributed by atoms with E-state index in [4.69, 9.17) is 5.26 Å². The second-order valence-corrected chi connectivity index (χ2v) is 1.33. The average molecular weight is 112 g/mol. The maximum Gasteiger partial charge on any atom is 0.207 e. The summed E-state index contributed by atoms with van der Waals surface area (Å²) in [5, 5.41) is 10.5. The van der Waals surface area contributed by atoms with E-state index in [1.807, 2.05) is 6.07 Å². The Balaban J connectivity index is 2.74. The summed E-state index contributed by atoms with van der Waals surface area (Å²) in [6.45, 7) is 0.608. The van der Waals surface area contributed by atoms with Crippen LogP contribution in [0.3, 0.4) is 0 Å². The van der Waals surface area contributed by atoms with Crippen molar-refractivity contribution in [1.29, 1.82) is 5.26 Å². The van der Waals surface area contributed by atoms with E-state index in [0.717, 1.165) is 6.42 Å². The molecule has 1 amide bonds. The zero-order chi connectivity index (χ0) is 6.24. The Hall–Kier alpha value is -1.04. The number of nitrogens with one attached hydrogen (secondary N) is 1. The first kappa shape index (κ1) is 6.96. The highest BCUT2D eigenvalue weighted by atomic mass is 16.1. The van der Waals surface area contributed by atoms with E-state index in [1.165, 1.54) is 0 Å². The standard InChI is InChI=1S/C5H8N2O/c6-3-1-2-4-7-5-8/h5H,1-2,4H2,(H,7,8). The predicted molar refractivity (Wildman–Crippen MR) is 28.9 cm³/mol. The van der Waals surface area contributed by atoms with Crippen molar-refractivity contribution in [2.24, 2.45) is 0 Å². The Morgan fingerprint density at radius 3 is 3.00 bits per heavy atom. The molecule has 8 heavy (non-hydrogen) atoms. The van der Waals surface area contributed by atoms with E-state index in [0.29, 0.717) is 19.4 Å². The molecular formula is C5H8N2O. The number of carbonyl (C=O) groups excluding carboxylic acids is 1. The van der Waals surface area contributed by atoms with Crippen LogP contribution in [-0.2, 0) is 4.79 Å². The molecule has 0 saturated heterocycles. The van der Waals surface area contributed by atoms with Gasteiger partial charge in [0, 0.05) is 13.0 Å². The summed E-state index contributed by atoms with van der Waals surface area (Å²) in [5.41, 5.74) is 0. The van der Waals surface area contributed by atoms with Crippen LogP contribution in [0.1, 0.15) is 12.8 Å². The van der Waals surface area contributed by atoms with Crippen LogP contribution < -0.4 is 5.32 Å². The first-order valence-electron chi connectivity index (χ1n) is 2.46. The summed E-state index contributed by atoms with van der Waals surface area (Å²) in [7, 11) is 0. The summed E-state index contributed by atoms with van der Waals surface area (Å²) >= 11 is 0. The zero-order valence-electron chi connectivity index (χ0n) is 4.55. The average Bonchev–Trinajstić information content (AvgIpc) is 1.81. The molecule has 0 aliphatic rings. The van der Waals surface area contributed by atoms with Crippen LogP contribution >= 0.6 is 0 Å². The van der Waals surface area contributed by atoms with Crippen LogP contribution in [0.25, 0.3) is 0 Å². The number of nitrogens with zero attached hydrogens (tertiary/aromatic N) is 1. The monoisotopic (exact) mass is 112 g/mol.